The van der Waals surface area contributed by atoms with Crippen molar-refractivity contribution in [2.45, 2.75) is 33.7 Å². The third kappa shape index (κ3) is 3.39. The Morgan fingerprint density at radius 1 is 1.31 bits per heavy atom. The molecule has 13 heavy (non-hydrogen) atoms. The Kier molecular flexibility index (Phi) is 3.18. The fourth-order valence-electron chi connectivity index (χ4n) is 0.989. The molecule has 1 N–H and O–H groups in total. The summed E-state index contributed by atoms with van der Waals surface area (Å²) in [5.41, 5.74) is -0.0351. The van der Waals surface area contributed by atoms with Crippen LogP contribution in [0.15, 0.2) is 0 Å². The van der Waals surface area contributed by atoms with Crippen LogP contribution in [0.25, 0.3) is 0 Å². The van der Waals surface area contributed by atoms with E-state index in [0.29, 0.717) is 13.2 Å². The normalized spacial score (nSPS) is 26.2. The number of hydrogen-bond acceptors (Lipinski definition) is 3. The molecule has 78 valence electrons. The van der Waals surface area contributed by atoms with Crippen molar-refractivity contribution in [2.24, 2.45) is 5.41 Å². The maximum Gasteiger partial charge on any atom is 0.405 e. The van der Waals surface area contributed by atoms with Crippen LogP contribution in [0.4, 0.5) is 0 Å². The van der Waals surface area contributed by atoms with Crippen molar-refractivity contribution in [1.29, 1.82) is 0 Å². The highest BCUT2D eigenvalue weighted by Crippen LogP contribution is 2.50. The number of rotatable bonds is 2. The van der Waals surface area contributed by atoms with Gasteiger partial charge >= 0.3 is 7.75 Å². The summed E-state index contributed by atoms with van der Waals surface area (Å²) in [4.78, 5) is 0. The topological polar surface area (TPSA) is 47.6 Å². The standard InChI is InChI=1S/C8H18NO3P/c1-7(2)9-13(10)11-5-8(3,4)6-12-13/h7H,5-6H2,1-4H3,(H,9,10). The molecule has 5 heteroatoms. The Morgan fingerprint density at radius 3 is 2.15 bits per heavy atom. The van der Waals surface area contributed by atoms with E-state index in [0.717, 1.165) is 0 Å². The molecule has 0 saturated carbocycles. The van der Waals surface area contributed by atoms with Gasteiger partial charge in [-0.3, -0.25) is 9.05 Å². The third-order valence-electron chi connectivity index (χ3n) is 1.67. The van der Waals surface area contributed by atoms with Gasteiger partial charge in [0.25, 0.3) is 0 Å². The van der Waals surface area contributed by atoms with Gasteiger partial charge in [-0.05, 0) is 13.8 Å². The molecule has 1 aliphatic heterocycles. The van der Waals surface area contributed by atoms with Crippen molar-refractivity contribution in [1.82, 2.24) is 5.09 Å². The second kappa shape index (κ2) is 3.70. The van der Waals surface area contributed by atoms with Gasteiger partial charge in [0.2, 0.25) is 0 Å². The lowest BCUT2D eigenvalue weighted by molar-refractivity contribution is 0.0363. The van der Waals surface area contributed by atoms with Crippen molar-refractivity contribution < 1.29 is 13.6 Å². The lowest BCUT2D eigenvalue weighted by Gasteiger charge is -2.34. The molecule has 0 unspecified atom stereocenters. The van der Waals surface area contributed by atoms with Crippen LogP contribution in [-0.2, 0) is 13.6 Å². The SMILES string of the molecule is CC(C)NP1(=O)OCC(C)(C)CO1. The molecule has 0 aromatic rings. The van der Waals surface area contributed by atoms with Gasteiger partial charge in [0.15, 0.2) is 0 Å². The van der Waals surface area contributed by atoms with E-state index < -0.39 is 7.75 Å². The first kappa shape index (κ1) is 11.2. The van der Waals surface area contributed by atoms with Gasteiger partial charge in [0.05, 0.1) is 13.2 Å². The quantitative estimate of drug-likeness (QED) is 0.705. The summed E-state index contributed by atoms with van der Waals surface area (Å²) in [6, 6.07) is 0.104. The van der Waals surface area contributed by atoms with Gasteiger partial charge in [-0.1, -0.05) is 13.8 Å². The largest absolute Gasteiger partial charge is 0.405 e. The summed E-state index contributed by atoms with van der Waals surface area (Å²) >= 11 is 0. The summed E-state index contributed by atoms with van der Waals surface area (Å²) < 4.78 is 22.2. The maximum atomic E-state index is 11.8. The van der Waals surface area contributed by atoms with Crippen molar-refractivity contribution in [3.8, 4) is 0 Å². The highest BCUT2D eigenvalue weighted by Gasteiger charge is 2.36. The molecule has 0 aliphatic carbocycles. The van der Waals surface area contributed by atoms with E-state index in [1.54, 1.807) is 0 Å². The molecule has 0 amide bonds. The Bertz CT molecular complexity index is 213. The molecule has 1 aliphatic rings. The Hall–Kier alpha value is 0.110. The molecule has 1 heterocycles. The van der Waals surface area contributed by atoms with E-state index in [-0.39, 0.29) is 11.5 Å². The van der Waals surface area contributed by atoms with Crippen LogP contribution in [0.1, 0.15) is 27.7 Å². The predicted octanol–water partition coefficient (Wildman–Crippen LogP) is 2.17. The average Bonchev–Trinajstić information content (AvgIpc) is 1.95. The monoisotopic (exact) mass is 207 g/mol. The second-order valence-electron chi connectivity index (χ2n) is 4.49. The molecule has 1 fully saturated rings. The fraction of sp³-hybridized carbons (Fsp3) is 1.00. The first-order valence-electron chi connectivity index (χ1n) is 4.50. The van der Waals surface area contributed by atoms with Crippen molar-refractivity contribution in [3.05, 3.63) is 0 Å². The van der Waals surface area contributed by atoms with Crippen LogP contribution < -0.4 is 5.09 Å². The summed E-state index contributed by atoms with van der Waals surface area (Å²) in [5.74, 6) is 0. The summed E-state index contributed by atoms with van der Waals surface area (Å²) in [6.45, 7) is 8.81. The zero-order valence-corrected chi connectivity index (χ0v) is 9.56. The van der Waals surface area contributed by atoms with Gasteiger partial charge < -0.3 is 0 Å². The zero-order valence-electron chi connectivity index (χ0n) is 8.66. The first-order chi connectivity index (χ1) is 5.83. The molecule has 0 spiro atoms. The lowest BCUT2D eigenvalue weighted by Crippen LogP contribution is -2.34. The average molecular weight is 207 g/mol. The summed E-state index contributed by atoms with van der Waals surface area (Å²) in [7, 11) is -3.00. The Morgan fingerprint density at radius 2 is 1.77 bits per heavy atom. The van der Waals surface area contributed by atoms with E-state index in [2.05, 4.69) is 5.09 Å². The molecular formula is C8H18NO3P. The van der Waals surface area contributed by atoms with Crippen LogP contribution in [0.3, 0.4) is 0 Å². The zero-order chi connectivity index (χ0) is 10.1. The summed E-state index contributed by atoms with van der Waals surface area (Å²) in [5, 5.41) is 2.81. The second-order valence-corrected chi connectivity index (χ2v) is 6.26. The Balaban J connectivity index is 2.52. The van der Waals surface area contributed by atoms with Crippen LogP contribution >= 0.6 is 7.75 Å². The van der Waals surface area contributed by atoms with E-state index in [4.69, 9.17) is 9.05 Å². The molecule has 1 rings (SSSR count). The Labute approximate surface area is 79.6 Å². The van der Waals surface area contributed by atoms with Crippen LogP contribution in [0.5, 0.6) is 0 Å². The van der Waals surface area contributed by atoms with Crippen LogP contribution in [0.2, 0.25) is 0 Å². The smallest absolute Gasteiger partial charge is 0.296 e. The highest BCUT2D eigenvalue weighted by molar-refractivity contribution is 7.51. The molecule has 0 bridgehead atoms. The highest BCUT2D eigenvalue weighted by atomic mass is 31.2. The molecular weight excluding hydrogens is 189 g/mol. The van der Waals surface area contributed by atoms with Gasteiger partial charge in [0, 0.05) is 11.5 Å². The third-order valence-corrected chi connectivity index (χ3v) is 3.44. The molecule has 0 radical (unpaired) electrons. The van der Waals surface area contributed by atoms with Crippen molar-refractivity contribution in [3.63, 3.8) is 0 Å². The van der Waals surface area contributed by atoms with E-state index >= 15 is 0 Å². The molecule has 0 aromatic heterocycles. The first-order valence-corrected chi connectivity index (χ1v) is 6.04. The minimum absolute atomic E-state index is 0.0351. The van der Waals surface area contributed by atoms with Crippen LogP contribution in [-0.4, -0.2) is 19.3 Å². The number of nitrogens with one attached hydrogen (secondary N) is 1. The van der Waals surface area contributed by atoms with E-state index in [1.165, 1.54) is 0 Å². The fourth-order valence-corrected chi connectivity index (χ4v) is 2.88. The van der Waals surface area contributed by atoms with Crippen molar-refractivity contribution in [2.75, 3.05) is 13.2 Å². The maximum absolute atomic E-state index is 11.8. The minimum Gasteiger partial charge on any atom is -0.296 e. The van der Waals surface area contributed by atoms with Crippen LogP contribution in [0, 0.1) is 5.41 Å². The van der Waals surface area contributed by atoms with Gasteiger partial charge in [-0.25, -0.2) is 9.65 Å². The molecule has 0 atom stereocenters. The molecule has 4 nitrogen and oxygen atoms in total. The molecule has 0 aromatic carbocycles. The van der Waals surface area contributed by atoms with Crippen molar-refractivity contribution >= 4 is 7.75 Å². The predicted molar refractivity (Wildman–Crippen MR) is 51.6 cm³/mol. The number of hydrogen-bond donors (Lipinski definition) is 1. The molecule has 1 saturated heterocycles. The van der Waals surface area contributed by atoms with E-state index in [9.17, 15) is 4.57 Å². The minimum atomic E-state index is -3.00. The van der Waals surface area contributed by atoms with E-state index in [1.807, 2.05) is 27.7 Å². The lowest BCUT2D eigenvalue weighted by atomic mass is 9.97. The van der Waals surface area contributed by atoms with Gasteiger partial charge in [-0.15, -0.1) is 0 Å². The van der Waals surface area contributed by atoms with Gasteiger partial charge in [0.1, 0.15) is 0 Å². The van der Waals surface area contributed by atoms with Gasteiger partial charge in [-0.2, -0.15) is 0 Å². The summed E-state index contributed by atoms with van der Waals surface area (Å²) in [6.07, 6.45) is 0.